The Labute approximate surface area is 153 Å². The molecule has 0 aliphatic carbocycles. The molecule has 0 spiro atoms. The molecule has 3 aromatic heterocycles. The minimum absolute atomic E-state index is 0.237. The maximum atomic E-state index is 12.3. The van der Waals surface area contributed by atoms with E-state index in [2.05, 4.69) is 25.6 Å². The van der Waals surface area contributed by atoms with E-state index in [1.165, 1.54) is 11.3 Å². The van der Waals surface area contributed by atoms with Gasteiger partial charge in [0, 0.05) is 17.1 Å². The van der Waals surface area contributed by atoms with Gasteiger partial charge >= 0.3 is 0 Å². The highest BCUT2D eigenvalue weighted by molar-refractivity contribution is 7.13. The van der Waals surface area contributed by atoms with Crippen molar-refractivity contribution in [2.24, 2.45) is 0 Å². The van der Waals surface area contributed by atoms with Crippen molar-refractivity contribution in [3.05, 3.63) is 77.8 Å². The average Bonchev–Trinajstić information content (AvgIpc) is 3.37. The van der Waals surface area contributed by atoms with Crippen LogP contribution in [0.3, 0.4) is 0 Å². The Morgan fingerprint density at radius 2 is 2.04 bits per heavy atom. The summed E-state index contributed by atoms with van der Waals surface area (Å²) in [5, 5.41) is 13.5. The number of pyridine rings is 1. The quantitative estimate of drug-likeness (QED) is 0.590. The number of benzene rings is 1. The van der Waals surface area contributed by atoms with Gasteiger partial charge in [-0.25, -0.2) is 9.67 Å². The van der Waals surface area contributed by atoms with Crippen molar-refractivity contribution in [2.75, 3.05) is 0 Å². The van der Waals surface area contributed by atoms with Crippen molar-refractivity contribution in [3.8, 4) is 16.3 Å². The average molecular weight is 362 g/mol. The van der Waals surface area contributed by atoms with Crippen molar-refractivity contribution in [1.82, 2.24) is 30.3 Å². The number of nitrogens with one attached hydrogen (secondary N) is 1. The Kier molecular flexibility index (Phi) is 4.48. The van der Waals surface area contributed by atoms with Gasteiger partial charge in [-0.3, -0.25) is 9.78 Å². The van der Waals surface area contributed by atoms with Crippen LogP contribution in [0.4, 0.5) is 0 Å². The van der Waals surface area contributed by atoms with E-state index in [-0.39, 0.29) is 12.5 Å². The van der Waals surface area contributed by atoms with E-state index in [1.54, 1.807) is 28.7 Å². The molecule has 0 saturated heterocycles. The van der Waals surface area contributed by atoms with Crippen LogP contribution in [0.5, 0.6) is 0 Å². The van der Waals surface area contributed by atoms with Crippen LogP contribution in [-0.4, -0.2) is 30.9 Å². The van der Waals surface area contributed by atoms with Crippen molar-refractivity contribution >= 4 is 17.2 Å². The fourth-order valence-electron chi connectivity index (χ4n) is 2.35. The van der Waals surface area contributed by atoms with Gasteiger partial charge < -0.3 is 5.32 Å². The molecular formula is C18H14N6OS. The number of hydrogen-bond acceptors (Lipinski definition) is 6. The molecule has 0 aliphatic heterocycles. The van der Waals surface area contributed by atoms with Gasteiger partial charge in [-0.15, -0.1) is 16.4 Å². The molecule has 8 heteroatoms. The topological polar surface area (TPSA) is 85.6 Å². The minimum Gasteiger partial charge on any atom is -0.345 e. The lowest BCUT2D eigenvalue weighted by Gasteiger charge is -2.00. The van der Waals surface area contributed by atoms with Crippen LogP contribution >= 0.6 is 11.3 Å². The summed E-state index contributed by atoms with van der Waals surface area (Å²) in [5.74, 6) is -0.237. The number of hydrogen-bond donors (Lipinski definition) is 1. The summed E-state index contributed by atoms with van der Waals surface area (Å²) >= 11 is 1.44. The third kappa shape index (κ3) is 3.50. The second kappa shape index (κ2) is 7.24. The molecule has 1 N–H and O–H groups in total. The van der Waals surface area contributed by atoms with Crippen LogP contribution in [0.15, 0.2) is 66.4 Å². The van der Waals surface area contributed by atoms with Crippen molar-refractivity contribution in [2.45, 2.75) is 6.54 Å². The van der Waals surface area contributed by atoms with Crippen LogP contribution < -0.4 is 5.32 Å². The van der Waals surface area contributed by atoms with E-state index in [4.69, 9.17) is 0 Å². The van der Waals surface area contributed by atoms with E-state index in [9.17, 15) is 4.79 Å². The number of aromatic nitrogens is 5. The second-order valence-corrected chi connectivity index (χ2v) is 6.31. The second-order valence-electron chi connectivity index (χ2n) is 5.45. The van der Waals surface area contributed by atoms with Crippen LogP contribution in [0.25, 0.3) is 16.3 Å². The van der Waals surface area contributed by atoms with E-state index in [1.807, 2.05) is 42.5 Å². The maximum absolute atomic E-state index is 12.3. The van der Waals surface area contributed by atoms with Crippen LogP contribution in [0, 0.1) is 0 Å². The van der Waals surface area contributed by atoms with E-state index < -0.39 is 0 Å². The Morgan fingerprint density at radius 1 is 1.15 bits per heavy atom. The summed E-state index contributed by atoms with van der Waals surface area (Å²) in [4.78, 5) is 20.8. The fraction of sp³-hybridized carbons (Fsp3) is 0.0556. The molecule has 1 aromatic carbocycles. The highest BCUT2D eigenvalue weighted by Crippen LogP contribution is 2.23. The van der Waals surface area contributed by atoms with E-state index in [0.717, 1.165) is 16.3 Å². The van der Waals surface area contributed by atoms with E-state index in [0.29, 0.717) is 11.4 Å². The molecule has 7 nitrogen and oxygen atoms in total. The molecule has 4 rings (SSSR count). The van der Waals surface area contributed by atoms with Crippen LogP contribution in [0.1, 0.15) is 16.2 Å². The first kappa shape index (κ1) is 16.1. The molecule has 128 valence electrons. The maximum Gasteiger partial charge on any atom is 0.271 e. The third-order valence-corrected chi connectivity index (χ3v) is 4.53. The summed E-state index contributed by atoms with van der Waals surface area (Å²) in [6.45, 7) is 0.275. The smallest absolute Gasteiger partial charge is 0.271 e. The number of nitrogens with zero attached hydrogens (tertiary/aromatic N) is 5. The number of carbonyl (C=O) groups is 1. The molecule has 0 aliphatic rings. The SMILES string of the molecule is O=C(NCc1cn(-c2cccnc2)nn1)c1csc(-c2ccccc2)n1. The first-order valence-corrected chi connectivity index (χ1v) is 8.78. The number of rotatable bonds is 5. The molecule has 0 saturated carbocycles. The van der Waals surface area contributed by atoms with Crippen molar-refractivity contribution in [3.63, 3.8) is 0 Å². The third-order valence-electron chi connectivity index (χ3n) is 3.64. The number of amides is 1. The van der Waals surface area contributed by atoms with Gasteiger partial charge in [0.25, 0.3) is 5.91 Å². The Balaban J connectivity index is 1.40. The number of carbonyl (C=O) groups excluding carboxylic acids is 1. The first-order valence-electron chi connectivity index (χ1n) is 7.90. The predicted molar refractivity (Wildman–Crippen MR) is 97.9 cm³/mol. The highest BCUT2D eigenvalue weighted by Gasteiger charge is 2.12. The highest BCUT2D eigenvalue weighted by atomic mass is 32.1. The zero-order valence-electron chi connectivity index (χ0n) is 13.6. The molecule has 4 aromatic rings. The lowest BCUT2D eigenvalue weighted by atomic mass is 10.2. The monoisotopic (exact) mass is 362 g/mol. The summed E-state index contributed by atoms with van der Waals surface area (Å²) in [6.07, 6.45) is 5.14. The minimum atomic E-state index is -0.237. The van der Waals surface area contributed by atoms with Gasteiger partial charge in [0.05, 0.1) is 24.6 Å². The molecule has 0 bridgehead atoms. The summed E-state index contributed by atoms with van der Waals surface area (Å²) in [5.41, 5.74) is 2.86. The van der Waals surface area contributed by atoms with Gasteiger partial charge in [-0.1, -0.05) is 35.5 Å². The fourth-order valence-corrected chi connectivity index (χ4v) is 3.15. The Morgan fingerprint density at radius 3 is 2.85 bits per heavy atom. The van der Waals surface area contributed by atoms with Crippen LogP contribution in [0.2, 0.25) is 0 Å². The predicted octanol–water partition coefficient (Wildman–Crippen LogP) is 2.72. The van der Waals surface area contributed by atoms with Gasteiger partial charge in [0.1, 0.15) is 16.4 Å². The zero-order chi connectivity index (χ0) is 17.8. The summed E-state index contributed by atoms with van der Waals surface area (Å²) in [7, 11) is 0. The molecular weight excluding hydrogens is 348 g/mol. The molecule has 0 radical (unpaired) electrons. The van der Waals surface area contributed by atoms with Crippen LogP contribution in [-0.2, 0) is 6.54 Å². The standard InChI is InChI=1S/C18H14N6OS/c25-17(16-12-26-18(21-16)13-5-2-1-3-6-13)20-9-14-11-24(23-22-14)15-7-4-8-19-10-15/h1-8,10-12H,9H2,(H,20,25). The Hall–Kier alpha value is -3.39. The molecule has 0 atom stereocenters. The van der Waals surface area contributed by atoms with Gasteiger partial charge in [-0.2, -0.15) is 0 Å². The molecule has 3 heterocycles. The molecule has 0 unspecified atom stereocenters. The van der Waals surface area contributed by atoms with Gasteiger partial charge in [-0.05, 0) is 12.1 Å². The lowest BCUT2D eigenvalue weighted by Crippen LogP contribution is -2.23. The van der Waals surface area contributed by atoms with Crippen molar-refractivity contribution in [1.29, 1.82) is 0 Å². The molecule has 26 heavy (non-hydrogen) atoms. The summed E-state index contributed by atoms with van der Waals surface area (Å²) < 4.78 is 1.62. The zero-order valence-corrected chi connectivity index (χ0v) is 14.4. The molecule has 1 amide bonds. The molecule has 0 fully saturated rings. The normalized spacial score (nSPS) is 10.6. The van der Waals surface area contributed by atoms with Crippen molar-refractivity contribution < 1.29 is 4.79 Å². The van der Waals surface area contributed by atoms with Gasteiger partial charge in [0.15, 0.2) is 0 Å². The first-order chi connectivity index (χ1) is 12.8. The Bertz CT molecular complexity index is 1010. The summed E-state index contributed by atoms with van der Waals surface area (Å²) in [6, 6.07) is 13.5. The lowest BCUT2D eigenvalue weighted by molar-refractivity contribution is 0.0946. The largest absolute Gasteiger partial charge is 0.345 e. The van der Waals surface area contributed by atoms with Gasteiger partial charge in [0.2, 0.25) is 0 Å². The van der Waals surface area contributed by atoms with E-state index >= 15 is 0 Å². The number of thiazole rings is 1.